The second-order valence-electron chi connectivity index (χ2n) is 5.52. The van der Waals surface area contributed by atoms with Gasteiger partial charge in [-0.1, -0.05) is 55.6 Å². The van der Waals surface area contributed by atoms with Crippen molar-refractivity contribution in [2.75, 3.05) is 13.2 Å². The summed E-state index contributed by atoms with van der Waals surface area (Å²) in [7, 11) is 0. The van der Waals surface area contributed by atoms with Crippen LogP contribution in [-0.4, -0.2) is 25.5 Å². The van der Waals surface area contributed by atoms with Crippen LogP contribution in [0.2, 0.25) is 0 Å². The maximum absolute atomic E-state index is 11.8. The van der Waals surface area contributed by atoms with Crippen LogP contribution in [0.1, 0.15) is 11.1 Å². The molecule has 0 spiro atoms. The van der Waals surface area contributed by atoms with Crippen LogP contribution in [0, 0.1) is 0 Å². The van der Waals surface area contributed by atoms with Crippen LogP contribution < -0.4 is 25.8 Å². The fourth-order valence-corrected chi connectivity index (χ4v) is 2.21. The quantitative estimate of drug-likeness (QED) is 0.318. The van der Waals surface area contributed by atoms with E-state index in [0.717, 1.165) is 16.9 Å². The van der Waals surface area contributed by atoms with Crippen molar-refractivity contribution in [1.29, 1.82) is 0 Å². The second-order valence-corrected chi connectivity index (χ2v) is 5.52. The molecule has 0 aliphatic rings. The van der Waals surface area contributed by atoms with Gasteiger partial charge in [-0.25, -0.2) is 15.6 Å². The Hall–Kier alpha value is -3.58. The van der Waals surface area contributed by atoms with Crippen LogP contribution in [0.15, 0.2) is 78.9 Å². The monoisotopic (exact) mass is 380 g/mol. The van der Waals surface area contributed by atoms with Crippen LogP contribution >= 0.6 is 0 Å². The lowest BCUT2D eigenvalue weighted by atomic mass is 10.2. The lowest BCUT2D eigenvalue weighted by molar-refractivity contribution is 0.236. The Morgan fingerprint density at radius 3 is 2.36 bits per heavy atom. The number of urea groups is 1. The van der Waals surface area contributed by atoms with Gasteiger partial charge in [-0.3, -0.25) is 5.43 Å². The van der Waals surface area contributed by atoms with Crippen LogP contribution in [0.5, 0.6) is 11.5 Å². The first-order valence-corrected chi connectivity index (χ1v) is 8.71. The number of hydrazine groups is 1. The smallest absolute Gasteiger partial charge is 0.349 e. The lowest BCUT2D eigenvalue weighted by Crippen LogP contribution is -2.42. The molecule has 0 aliphatic carbocycles. The molecule has 146 valence electrons. The van der Waals surface area contributed by atoms with Crippen molar-refractivity contribution in [2.24, 2.45) is 5.10 Å². The largest absolute Gasteiger partial charge is 0.489 e. The van der Waals surface area contributed by atoms with Crippen molar-refractivity contribution in [3.63, 3.8) is 0 Å². The highest BCUT2D eigenvalue weighted by Gasteiger charge is 2.04. The summed E-state index contributed by atoms with van der Waals surface area (Å²) in [5.74, 6) is 1.38. The van der Waals surface area contributed by atoms with Gasteiger partial charge in [0.05, 0.1) is 6.21 Å². The Bertz CT molecular complexity index is 821. The van der Waals surface area contributed by atoms with E-state index in [4.69, 9.17) is 9.47 Å². The van der Waals surface area contributed by atoms with Crippen LogP contribution in [0.3, 0.4) is 0 Å². The minimum atomic E-state index is -0.495. The molecule has 0 unspecified atom stereocenters. The zero-order valence-electron chi connectivity index (χ0n) is 15.6. The number of carbonyl (C=O) groups is 1. The normalized spacial score (nSPS) is 10.3. The number of rotatable bonds is 11. The molecule has 0 saturated heterocycles. The van der Waals surface area contributed by atoms with Gasteiger partial charge in [0.15, 0.2) is 0 Å². The summed E-state index contributed by atoms with van der Waals surface area (Å²) in [5.41, 5.74) is 9.38. The van der Waals surface area contributed by atoms with Gasteiger partial charge in [0.2, 0.25) is 0 Å². The van der Waals surface area contributed by atoms with Gasteiger partial charge >= 0.3 is 6.03 Å². The molecule has 0 heterocycles. The average Bonchev–Trinajstić information content (AvgIpc) is 2.72. The molecule has 2 aromatic carbocycles. The molecule has 28 heavy (non-hydrogen) atoms. The Kier molecular flexibility index (Phi) is 8.83. The summed E-state index contributed by atoms with van der Waals surface area (Å²) in [4.78, 5) is 11.8. The van der Waals surface area contributed by atoms with E-state index >= 15 is 0 Å². The first-order chi connectivity index (χ1) is 13.7. The highest BCUT2D eigenvalue weighted by atomic mass is 16.5. The van der Waals surface area contributed by atoms with Gasteiger partial charge in [-0.05, 0) is 18.2 Å². The number of nitrogens with zero attached hydrogens (tertiary/aromatic N) is 1. The van der Waals surface area contributed by atoms with Gasteiger partial charge in [-0.2, -0.15) is 5.10 Å². The first-order valence-electron chi connectivity index (χ1n) is 8.71. The van der Waals surface area contributed by atoms with Crippen molar-refractivity contribution < 1.29 is 14.3 Å². The van der Waals surface area contributed by atoms with Gasteiger partial charge in [0, 0.05) is 17.7 Å². The van der Waals surface area contributed by atoms with E-state index in [2.05, 4.69) is 34.5 Å². The molecule has 0 bridgehead atoms. The molecular formula is C21H24N4O3. The minimum Gasteiger partial charge on any atom is -0.489 e. The van der Waals surface area contributed by atoms with Gasteiger partial charge in [-0.15, -0.1) is 0 Å². The molecule has 0 aliphatic heterocycles. The van der Waals surface area contributed by atoms with Crippen molar-refractivity contribution in [3.05, 3.63) is 85.0 Å². The van der Waals surface area contributed by atoms with Crippen LogP contribution in [-0.2, 0) is 6.54 Å². The summed E-state index contributed by atoms with van der Waals surface area (Å²) < 4.78 is 11.1. The van der Waals surface area contributed by atoms with E-state index in [1.807, 2.05) is 48.5 Å². The third kappa shape index (κ3) is 6.97. The summed E-state index contributed by atoms with van der Waals surface area (Å²) in [5, 5.41) is 3.93. The zero-order valence-corrected chi connectivity index (χ0v) is 15.6. The average molecular weight is 380 g/mol. The number of para-hydroxylation sites is 2. The predicted octanol–water partition coefficient (Wildman–Crippen LogP) is 3.15. The van der Waals surface area contributed by atoms with Crippen molar-refractivity contribution in [1.82, 2.24) is 16.3 Å². The zero-order chi connectivity index (χ0) is 20.0. The number of amides is 2. The van der Waals surface area contributed by atoms with E-state index < -0.39 is 6.03 Å². The maximum Gasteiger partial charge on any atom is 0.349 e. The van der Waals surface area contributed by atoms with E-state index in [9.17, 15) is 4.79 Å². The summed E-state index contributed by atoms with van der Waals surface area (Å²) in [6, 6.07) is 14.4. The number of ether oxygens (including phenoxy) is 2. The number of benzene rings is 2. The summed E-state index contributed by atoms with van der Waals surface area (Å²) in [6.07, 6.45) is 4.84. The maximum atomic E-state index is 11.8. The van der Waals surface area contributed by atoms with Crippen molar-refractivity contribution in [2.45, 2.75) is 6.54 Å². The number of carbonyl (C=O) groups excluding carboxylic acids is 1. The Balaban J connectivity index is 1.80. The number of hydrogen-bond donors (Lipinski definition) is 3. The number of nitrogens with one attached hydrogen (secondary N) is 3. The van der Waals surface area contributed by atoms with Crippen LogP contribution in [0.25, 0.3) is 0 Å². The Morgan fingerprint density at radius 1 is 0.964 bits per heavy atom. The molecular weight excluding hydrogens is 356 g/mol. The van der Waals surface area contributed by atoms with Gasteiger partial charge in [0.25, 0.3) is 0 Å². The highest BCUT2D eigenvalue weighted by Crippen LogP contribution is 2.17. The second kappa shape index (κ2) is 11.9. The molecule has 0 saturated carbocycles. The topological polar surface area (TPSA) is 84.0 Å². The predicted molar refractivity (Wildman–Crippen MR) is 110 cm³/mol. The lowest BCUT2D eigenvalue weighted by Gasteiger charge is -2.11. The third-order valence-electron chi connectivity index (χ3n) is 3.46. The fraction of sp³-hybridized carbons (Fsp3) is 0.143. The third-order valence-corrected chi connectivity index (χ3v) is 3.46. The molecule has 0 fully saturated rings. The summed E-state index contributed by atoms with van der Waals surface area (Å²) >= 11 is 0. The first kappa shape index (κ1) is 20.7. The van der Waals surface area contributed by atoms with E-state index in [0.29, 0.717) is 25.5 Å². The molecule has 7 heteroatoms. The Morgan fingerprint density at radius 2 is 1.61 bits per heavy atom. The number of hydrogen-bond acceptors (Lipinski definition) is 5. The SMILES string of the molecule is C=CCOc1ccccc1/C=N/NC(=O)NNCc1ccccc1OCC=C. The molecule has 2 aromatic rings. The van der Waals surface area contributed by atoms with E-state index in [1.54, 1.807) is 12.2 Å². The van der Waals surface area contributed by atoms with Crippen LogP contribution in [0.4, 0.5) is 4.79 Å². The van der Waals surface area contributed by atoms with Gasteiger partial charge in [0.1, 0.15) is 24.7 Å². The highest BCUT2D eigenvalue weighted by molar-refractivity contribution is 5.84. The molecule has 7 nitrogen and oxygen atoms in total. The van der Waals surface area contributed by atoms with E-state index in [1.165, 1.54) is 6.21 Å². The fourth-order valence-electron chi connectivity index (χ4n) is 2.21. The molecule has 0 radical (unpaired) electrons. The molecule has 3 N–H and O–H groups in total. The van der Waals surface area contributed by atoms with E-state index in [-0.39, 0.29) is 0 Å². The Labute approximate surface area is 164 Å². The minimum absolute atomic E-state index is 0.390. The molecule has 2 rings (SSSR count). The standard InChI is InChI=1S/C21H24N4O3/c1-3-13-27-19-11-7-5-9-17(19)15-22-24-21(26)25-23-16-18-10-6-8-12-20(18)28-14-4-2/h3-12,15,23H,1-2,13-14,16H2,(H2,24,25,26)/b22-15+. The van der Waals surface area contributed by atoms with Gasteiger partial charge < -0.3 is 9.47 Å². The number of hydrazone groups is 1. The van der Waals surface area contributed by atoms with Crippen molar-refractivity contribution in [3.8, 4) is 11.5 Å². The summed E-state index contributed by atoms with van der Waals surface area (Å²) in [6.45, 7) is 8.44. The molecule has 0 aromatic heterocycles. The molecule has 0 atom stereocenters. The van der Waals surface area contributed by atoms with Crippen molar-refractivity contribution >= 4 is 12.2 Å². The molecule has 2 amide bonds.